The van der Waals surface area contributed by atoms with Gasteiger partial charge in [0.1, 0.15) is 0 Å². The molecule has 0 saturated heterocycles. The molecule has 0 fully saturated rings. The van der Waals surface area contributed by atoms with Crippen LogP contribution in [0.4, 0.5) is 0 Å². The van der Waals surface area contributed by atoms with Crippen molar-refractivity contribution in [2.24, 2.45) is 5.92 Å². The molecule has 0 saturated carbocycles. The molecule has 0 heterocycles. The Morgan fingerprint density at radius 1 is 0.390 bits per heavy atom. The minimum Gasteiger partial charge on any atom is -0.481 e. The van der Waals surface area contributed by atoms with Crippen molar-refractivity contribution >= 4 is 11.9 Å². The van der Waals surface area contributed by atoms with Crippen molar-refractivity contribution in [2.45, 2.75) is 212 Å². The Labute approximate surface area is 254 Å². The highest BCUT2D eigenvalue weighted by Gasteiger charge is 2.16. The van der Waals surface area contributed by atoms with Gasteiger partial charge in [0, 0.05) is 0 Å². The first-order valence-electron chi connectivity index (χ1n) is 18.1. The quantitative estimate of drug-likeness (QED) is 0.0656. The predicted octanol–water partition coefficient (Wildman–Crippen LogP) is 11.2. The lowest BCUT2D eigenvalue weighted by molar-refractivity contribution is -0.147. The zero-order chi connectivity index (χ0) is 30.2. The van der Waals surface area contributed by atoms with Gasteiger partial charge in [0.2, 0.25) is 0 Å². The van der Waals surface area contributed by atoms with Gasteiger partial charge in [-0.2, -0.15) is 0 Å². The van der Waals surface area contributed by atoms with Gasteiger partial charge >= 0.3 is 11.9 Å². The monoisotopic (exact) mass is 583 g/mol. The van der Waals surface area contributed by atoms with E-state index >= 15 is 0 Å². The molecule has 0 aliphatic carbocycles. The third-order valence-corrected chi connectivity index (χ3v) is 8.82. The molecule has 2 atom stereocenters. The Bertz CT molecular complexity index is 564. The van der Waals surface area contributed by atoms with Crippen LogP contribution in [0.5, 0.6) is 0 Å². The van der Waals surface area contributed by atoms with Crippen molar-refractivity contribution in [1.82, 2.24) is 0 Å². The first-order valence-corrected chi connectivity index (χ1v) is 18.1. The summed E-state index contributed by atoms with van der Waals surface area (Å²) in [7, 11) is 0. The summed E-state index contributed by atoms with van der Waals surface area (Å²) in [5.74, 6) is -1.83. The van der Waals surface area contributed by atoms with Crippen LogP contribution in [0, 0.1) is 5.92 Å². The summed E-state index contributed by atoms with van der Waals surface area (Å²) in [6, 6.07) is 0. The third kappa shape index (κ3) is 30.2. The first kappa shape index (κ1) is 39.9. The van der Waals surface area contributed by atoms with Gasteiger partial charge in [-0.1, -0.05) is 187 Å². The first-order chi connectivity index (χ1) is 20.0. The van der Waals surface area contributed by atoms with E-state index in [-0.39, 0.29) is 5.92 Å². The largest absolute Gasteiger partial charge is 0.481 e. The maximum atomic E-state index is 11.7. The number of unbranched alkanes of at least 4 members (excludes halogenated alkanes) is 26. The smallest absolute Gasteiger partial charge is 0.332 e. The molecule has 0 rings (SSSR count). The van der Waals surface area contributed by atoms with Gasteiger partial charge in [0.15, 0.2) is 6.10 Å². The molecule has 3 N–H and O–H groups in total. The van der Waals surface area contributed by atoms with E-state index in [2.05, 4.69) is 6.92 Å². The lowest BCUT2D eigenvalue weighted by Crippen LogP contribution is -2.18. The third-order valence-electron chi connectivity index (χ3n) is 8.82. The number of rotatable bonds is 34. The number of carbonyl (C=O) groups is 2. The second-order valence-electron chi connectivity index (χ2n) is 12.8. The number of carboxylic acids is 2. The molecule has 0 bridgehead atoms. The van der Waals surface area contributed by atoms with Crippen LogP contribution in [-0.2, 0) is 9.59 Å². The minimum absolute atomic E-state index is 0.135. The number of hydrogen-bond donors (Lipinski definition) is 3. The van der Waals surface area contributed by atoms with E-state index in [1.165, 1.54) is 148 Å². The second kappa shape index (κ2) is 31.8. The Kier molecular flexibility index (Phi) is 31.0. The standard InChI is InChI=1S/C36H70O5/c1-2-3-4-5-6-7-8-9-12-15-18-21-24-27-30-33(35(38)39)31-28-25-22-19-16-13-10-11-14-17-20-23-26-29-32-34(37)36(40)41/h33-34,37H,2-32H2,1H3,(H,38,39)(H,40,41). The average molecular weight is 583 g/mol. The van der Waals surface area contributed by atoms with Gasteiger partial charge in [-0.3, -0.25) is 4.79 Å². The molecule has 0 aromatic rings. The van der Waals surface area contributed by atoms with Gasteiger partial charge in [-0.05, 0) is 19.3 Å². The molecule has 2 unspecified atom stereocenters. The summed E-state index contributed by atoms with van der Waals surface area (Å²) in [5, 5.41) is 27.5. The van der Waals surface area contributed by atoms with Gasteiger partial charge in [-0.15, -0.1) is 0 Å². The van der Waals surface area contributed by atoms with Crippen molar-refractivity contribution in [3.05, 3.63) is 0 Å². The lowest BCUT2D eigenvalue weighted by Gasteiger charge is -2.12. The van der Waals surface area contributed by atoms with Crippen LogP contribution in [0.2, 0.25) is 0 Å². The van der Waals surface area contributed by atoms with E-state index in [0.29, 0.717) is 6.42 Å². The number of hydrogen-bond acceptors (Lipinski definition) is 3. The lowest BCUT2D eigenvalue weighted by atomic mass is 9.94. The molecular formula is C36H70O5. The summed E-state index contributed by atoms with van der Waals surface area (Å²) < 4.78 is 0. The number of carboxylic acid groups (broad SMARTS) is 2. The molecule has 5 heteroatoms. The van der Waals surface area contributed by atoms with E-state index in [1.807, 2.05) is 0 Å². The molecule has 0 aliphatic rings. The van der Waals surface area contributed by atoms with E-state index in [1.54, 1.807) is 0 Å². The van der Waals surface area contributed by atoms with Crippen molar-refractivity contribution in [3.8, 4) is 0 Å². The van der Waals surface area contributed by atoms with Crippen molar-refractivity contribution in [3.63, 3.8) is 0 Å². The van der Waals surface area contributed by atoms with Crippen molar-refractivity contribution < 1.29 is 24.9 Å². The van der Waals surface area contributed by atoms with Crippen molar-refractivity contribution in [2.75, 3.05) is 0 Å². The van der Waals surface area contributed by atoms with Crippen LogP contribution in [-0.4, -0.2) is 33.4 Å². The minimum atomic E-state index is -1.19. The summed E-state index contributed by atoms with van der Waals surface area (Å²) in [4.78, 5) is 22.2. The zero-order valence-corrected chi connectivity index (χ0v) is 27.2. The van der Waals surface area contributed by atoms with Crippen LogP contribution in [0.25, 0.3) is 0 Å². The molecule has 0 aromatic carbocycles. The fraction of sp³-hybridized carbons (Fsp3) is 0.944. The second-order valence-corrected chi connectivity index (χ2v) is 12.8. The fourth-order valence-corrected chi connectivity index (χ4v) is 5.95. The Morgan fingerprint density at radius 2 is 0.634 bits per heavy atom. The van der Waals surface area contributed by atoms with Gasteiger partial charge in [0.05, 0.1) is 5.92 Å². The highest BCUT2D eigenvalue weighted by Crippen LogP contribution is 2.20. The summed E-state index contributed by atoms with van der Waals surface area (Å²) >= 11 is 0. The van der Waals surface area contributed by atoms with Crippen LogP contribution < -0.4 is 0 Å². The summed E-state index contributed by atoms with van der Waals surface area (Å²) in [6.45, 7) is 2.27. The molecule has 0 radical (unpaired) electrons. The van der Waals surface area contributed by atoms with Crippen LogP contribution in [0.15, 0.2) is 0 Å². The topological polar surface area (TPSA) is 94.8 Å². The average Bonchev–Trinajstić information content (AvgIpc) is 2.95. The molecule has 5 nitrogen and oxygen atoms in total. The Morgan fingerprint density at radius 3 is 0.878 bits per heavy atom. The Hall–Kier alpha value is -1.10. The number of aliphatic hydroxyl groups is 1. The van der Waals surface area contributed by atoms with E-state index in [4.69, 9.17) is 5.11 Å². The van der Waals surface area contributed by atoms with Gasteiger partial charge in [-0.25, -0.2) is 4.79 Å². The molecule has 0 amide bonds. The Balaban J connectivity index is 3.40. The highest BCUT2D eigenvalue weighted by atomic mass is 16.4. The van der Waals surface area contributed by atoms with E-state index in [9.17, 15) is 19.8 Å². The highest BCUT2D eigenvalue weighted by molar-refractivity contribution is 5.71. The van der Waals surface area contributed by atoms with Gasteiger partial charge in [0.25, 0.3) is 0 Å². The summed E-state index contributed by atoms with van der Waals surface area (Å²) in [6.07, 6.45) is 36.3. The molecule has 0 aromatic heterocycles. The number of aliphatic carboxylic acids is 2. The molecular weight excluding hydrogens is 512 g/mol. The molecule has 41 heavy (non-hydrogen) atoms. The fourth-order valence-electron chi connectivity index (χ4n) is 5.95. The zero-order valence-electron chi connectivity index (χ0n) is 27.2. The molecule has 244 valence electrons. The maximum Gasteiger partial charge on any atom is 0.332 e. The summed E-state index contributed by atoms with van der Waals surface area (Å²) in [5.41, 5.74) is 0. The number of aliphatic hydroxyl groups excluding tert-OH is 1. The normalized spacial score (nSPS) is 12.9. The van der Waals surface area contributed by atoms with Crippen LogP contribution in [0.3, 0.4) is 0 Å². The maximum absolute atomic E-state index is 11.7. The predicted molar refractivity (Wildman–Crippen MR) is 174 cm³/mol. The molecule has 0 spiro atoms. The van der Waals surface area contributed by atoms with E-state index < -0.39 is 18.0 Å². The van der Waals surface area contributed by atoms with E-state index in [0.717, 1.165) is 44.9 Å². The van der Waals surface area contributed by atoms with Gasteiger partial charge < -0.3 is 15.3 Å². The van der Waals surface area contributed by atoms with Crippen LogP contribution >= 0.6 is 0 Å². The van der Waals surface area contributed by atoms with Crippen LogP contribution in [0.1, 0.15) is 206 Å². The SMILES string of the molecule is CCCCCCCCCCCCCCCCC(CCCCCCCCCCCCCCCCC(O)C(=O)O)C(=O)O. The van der Waals surface area contributed by atoms with Crippen molar-refractivity contribution in [1.29, 1.82) is 0 Å². The molecule has 0 aliphatic heterocycles.